The Morgan fingerprint density at radius 2 is 2.47 bits per heavy atom. The van der Waals surface area contributed by atoms with Crippen LogP contribution in [0.25, 0.3) is 0 Å². The van der Waals surface area contributed by atoms with Crippen LogP contribution in [0.2, 0.25) is 0 Å². The number of hydrogen-bond acceptors (Lipinski definition) is 3. The molecule has 2 fully saturated rings. The summed E-state index contributed by atoms with van der Waals surface area (Å²) in [6.07, 6.45) is 7.65. The zero-order chi connectivity index (χ0) is 11.1. The topological polar surface area (TPSA) is 43.4 Å². The number of hydrogen-bond donors (Lipinski definition) is 0. The first-order valence-corrected chi connectivity index (χ1v) is 5.36. The van der Waals surface area contributed by atoms with Gasteiger partial charge in [-0.15, -0.1) is 6.42 Å². The van der Waals surface area contributed by atoms with Crippen molar-refractivity contribution in [3.05, 3.63) is 0 Å². The van der Waals surface area contributed by atoms with Gasteiger partial charge in [-0.05, 0) is 25.7 Å². The molecule has 15 heavy (non-hydrogen) atoms. The van der Waals surface area contributed by atoms with Gasteiger partial charge in [-0.3, -0.25) is 9.59 Å². The van der Waals surface area contributed by atoms with Crippen molar-refractivity contribution < 1.29 is 14.3 Å². The van der Waals surface area contributed by atoms with Crippen LogP contribution in [0.15, 0.2) is 0 Å². The normalized spacial score (nSPS) is 37.7. The lowest BCUT2D eigenvalue weighted by atomic mass is 9.87. The Morgan fingerprint density at radius 1 is 1.73 bits per heavy atom. The highest BCUT2D eigenvalue weighted by molar-refractivity contribution is 5.99. The zero-order valence-electron chi connectivity index (χ0n) is 8.79. The van der Waals surface area contributed by atoms with Crippen LogP contribution < -0.4 is 0 Å². The second kappa shape index (κ2) is 3.37. The summed E-state index contributed by atoms with van der Waals surface area (Å²) in [5.41, 5.74) is -0.801. The zero-order valence-corrected chi connectivity index (χ0v) is 8.79. The van der Waals surface area contributed by atoms with Gasteiger partial charge in [-0.1, -0.05) is 5.92 Å². The van der Waals surface area contributed by atoms with Gasteiger partial charge < -0.3 is 4.74 Å². The molecule has 0 heterocycles. The van der Waals surface area contributed by atoms with Crippen molar-refractivity contribution in [2.75, 3.05) is 6.61 Å². The summed E-state index contributed by atoms with van der Waals surface area (Å²) in [5, 5.41) is 0. The molecular formula is C12H14O3. The van der Waals surface area contributed by atoms with Crippen molar-refractivity contribution in [1.82, 2.24) is 0 Å². The quantitative estimate of drug-likeness (QED) is 0.503. The number of rotatable bonds is 2. The van der Waals surface area contributed by atoms with Crippen LogP contribution in [-0.2, 0) is 14.3 Å². The van der Waals surface area contributed by atoms with E-state index >= 15 is 0 Å². The number of carbonyl (C=O) groups excluding carboxylic acids is 2. The summed E-state index contributed by atoms with van der Waals surface area (Å²) in [5.74, 6) is 1.98. The maximum Gasteiger partial charge on any atom is 0.311 e. The third-order valence-electron chi connectivity index (χ3n) is 3.53. The third kappa shape index (κ3) is 1.21. The minimum absolute atomic E-state index is 0.0443. The Bertz CT molecular complexity index is 352. The molecule has 0 saturated heterocycles. The first kappa shape index (κ1) is 10.2. The first-order valence-electron chi connectivity index (χ1n) is 5.36. The molecule has 0 unspecified atom stereocenters. The van der Waals surface area contributed by atoms with Crippen LogP contribution in [0.1, 0.15) is 26.2 Å². The molecule has 2 aliphatic rings. The number of esters is 1. The minimum Gasteiger partial charge on any atom is -0.466 e. The third-order valence-corrected chi connectivity index (χ3v) is 3.53. The molecule has 2 rings (SSSR count). The van der Waals surface area contributed by atoms with E-state index in [-0.39, 0.29) is 23.6 Å². The van der Waals surface area contributed by atoms with E-state index in [9.17, 15) is 9.59 Å². The molecule has 0 aromatic carbocycles. The minimum atomic E-state index is -0.801. The van der Waals surface area contributed by atoms with Gasteiger partial charge in [0, 0.05) is 6.42 Å². The number of fused-ring (bicyclic) bond motifs is 1. The Hall–Kier alpha value is -1.30. The molecule has 0 bridgehead atoms. The van der Waals surface area contributed by atoms with E-state index in [0.29, 0.717) is 13.0 Å². The lowest BCUT2D eigenvalue weighted by Gasteiger charge is -2.13. The SMILES string of the molecule is C#C[C@@]12C(=O)CCC[C@@H]1[C@H]2C(=O)OCC. The Kier molecular flexibility index (Phi) is 2.30. The lowest BCUT2D eigenvalue weighted by Crippen LogP contribution is -2.23. The fourth-order valence-electron chi connectivity index (χ4n) is 2.78. The maximum atomic E-state index is 11.8. The predicted octanol–water partition coefficient (Wildman–Crippen LogP) is 1.17. The van der Waals surface area contributed by atoms with E-state index in [1.807, 2.05) is 0 Å². The lowest BCUT2D eigenvalue weighted by molar-refractivity contribution is -0.146. The van der Waals surface area contributed by atoms with Crippen LogP contribution in [0, 0.1) is 29.6 Å². The Balaban J connectivity index is 2.20. The summed E-state index contributed by atoms with van der Waals surface area (Å²) in [7, 11) is 0. The van der Waals surface area contributed by atoms with Gasteiger partial charge in [-0.2, -0.15) is 0 Å². The highest BCUT2D eigenvalue weighted by atomic mass is 16.5. The van der Waals surface area contributed by atoms with Crippen molar-refractivity contribution in [1.29, 1.82) is 0 Å². The molecule has 0 aromatic heterocycles. The second-order valence-electron chi connectivity index (χ2n) is 4.16. The van der Waals surface area contributed by atoms with Crippen LogP contribution in [0.4, 0.5) is 0 Å². The highest BCUT2D eigenvalue weighted by Gasteiger charge is 2.72. The summed E-state index contributed by atoms with van der Waals surface area (Å²) in [6.45, 7) is 2.10. The van der Waals surface area contributed by atoms with Gasteiger partial charge >= 0.3 is 5.97 Å². The molecule has 0 aromatic rings. The van der Waals surface area contributed by atoms with Crippen molar-refractivity contribution in [2.24, 2.45) is 17.3 Å². The molecule has 3 atom stereocenters. The van der Waals surface area contributed by atoms with Gasteiger partial charge in [0.05, 0.1) is 12.5 Å². The monoisotopic (exact) mass is 206 g/mol. The van der Waals surface area contributed by atoms with Crippen LogP contribution >= 0.6 is 0 Å². The van der Waals surface area contributed by atoms with Crippen molar-refractivity contribution in [3.8, 4) is 12.3 Å². The fourth-order valence-corrected chi connectivity index (χ4v) is 2.78. The molecule has 0 amide bonds. The Morgan fingerprint density at radius 3 is 3.00 bits per heavy atom. The first-order chi connectivity index (χ1) is 7.18. The van der Waals surface area contributed by atoms with E-state index in [4.69, 9.17) is 11.2 Å². The molecule has 2 saturated carbocycles. The standard InChI is InChI=1S/C12H14O3/c1-3-12-8(6-5-7-9(12)13)10(12)11(14)15-4-2/h1,8,10H,4-7H2,2H3/t8-,10+,12+/m1/s1. The summed E-state index contributed by atoms with van der Waals surface area (Å²) < 4.78 is 4.95. The molecular weight excluding hydrogens is 192 g/mol. The smallest absolute Gasteiger partial charge is 0.311 e. The largest absolute Gasteiger partial charge is 0.466 e. The molecule has 3 heteroatoms. The van der Waals surface area contributed by atoms with E-state index in [1.54, 1.807) is 6.92 Å². The summed E-state index contributed by atoms with van der Waals surface area (Å²) >= 11 is 0. The number of ketones is 1. The molecule has 0 radical (unpaired) electrons. The van der Waals surface area contributed by atoms with Gasteiger partial charge in [0.1, 0.15) is 5.41 Å². The molecule has 0 N–H and O–H groups in total. The molecule has 3 nitrogen and oxygen atoms in total. The number of carbonyl (C=O) groups is 2. The Labute approximate surface area is 89.2 Å². The van der Waals surface area contributed by atoms with E-state index in [2.05, 4.69) is 5.92 Å². The van der Waals surface area contributed by atoms with Crippen molar-refractivity contribution in [2.45, 2.75) is 26.2 Å². The molecule has 0 spiro atoms. The molecule has 80 valence electrons. The van der Waals surface area contributed by atoms with Crippen molar-refractivity contribution in [3.63, 3.8) is 0 Å². The van der Waals surface area contributed by atoms with E-state index in [1.165, 1.54) is 0 Å². The predicted molar refractivity (Wildman–Crippen MR) is 53.7 cm³/mol. The van der Waals surface area contributed by atoms with E-state index < -0.39 is 5.41 Å². The number of ether oxygens (including phenoxy) is 1. The fraction of sp³-hybridized carbons (Fsp3) is 0.667. The maximum absolute atomic E-state index is 11.8. The average molecular weight is 206 g/mol. The second-order valence-corrected chi connectivity index (χ2v) is 4.16. The van der Waals surface area contributed by atoms with Gasteiger partial charge in [0.15, 0.2) is 5.78 Å². The molecule has 2 aliphatic carbocycles. The van der Waals surface area contributed by atoms with Crippen LogP contribution in [0.5, 0.6) is 0 Å². The number of terminal acetylenes is 1. The molecule has 0 aliphatic heterocycles. The highest BCUT2D eigenvalue weighted by Crippen LogP contribution is 2.64. The summed E-state index contributed by atoms with van der Waals surface area (Å²) in [6, 6.07) is 0. The van der Waals surface area contributed by atoms with Gasteiger partial charge in [-0.25, -0.2) is 0 Å². The average Bonchev–Trinajstić information content (AvgIpc) is 2.89. The van der Waals surface area contributed by atoms with Crippen LogP contribution in [-0.4, -0.2) is 18.4 Å². The van der Waals surface area contributed by atoms with Crippen molar-refractivity contribution >= 4 is 11.8 Å². The number of Topliss-reactive ketones (excluding diaryl/α,β-unsaturated/α-hetero) is 1. The van der Waals surface area contributed by atoms with Gasteiger partial charge in [0.2, 0.25) is 0 Å². The van der Waals surface area contributed by atoms with Gasteiger partial charge in [0.25, 0.3) is 0 Å². The van der Waals surface area contributed by atoms with Crippen LogP contribution in [0.3, 0.4) is 0 Å². The van der Waals surface area contributed by atoms with E-state index in [0.717, 1.165) is 12.8 Å². The summed E-state index contributed by atoms with van der Waals surface area (Å²) in [4.78, 5) is 23.4.